The van der Waals surface area contributed by atoms with Crippen molar-refractivity contribution in [2.24, 2.45) is 0 Å². The molecule has 1 rings (SSSR count). The third-order valence-corrected chi connectivity index (χ3v) is 3.05. The summed E-state index contributed by atoms with van der Waals surface area (Å²) in [5.74, 6) is 1.20. The van der Waals surface area contributed by atoms with Gasteiger partial charge in [-0.3, -0.25) is 0 Å². The Bertz CT molecular complexity index is 254. The molecule has 1 aromatic rings. The average molecular weight is 225 g/mol. The summed E-state index contributed by atoms with van der Waals surface area (Å²) in [5, 5.41) is 0. The van der Waals surface area contributed by atoms with Gasteiger partial charge < -0.3 is 0 Å². The van der Waals surface area contributed by atoms with E-state index in [-0.39, 0.29) is 5.41 Å². The van der Waals surface area contributed by atoms with Crippen molar-refractivity contribution in [1.29, 1.82) is 0 Å². The molecule has 86 valence electrons. The maximum atomic E-state index is 2.25. The van der Waals surface area contributed by atoms with Crippen molar-refractivity contribution >= 4 is 11.8 Å². The van der Waals surface area contributed by atoms with Crippen LogP contribution in [0.2, 0.25) is 0 Å². The first-order valence-electron chi connectivity index (χ1n) is 5.82. The summed E-state index contributed by atoms with van der Waals surface area (Å²) >= 11 is 1.43. The van der Waals surface area contributed by atoms with Gasteiger partial charge in [0.05, 0.1) is 0 Å². The minimum Gasteiger partial charge on any atom is -0.0683 e. The number of thiol groups is 1. The van der Waals surface area contributed by atoms with Gasteiger partial charge in [-0.05, 0) is 30.0 Å². The van der Waals surface area contributed by atoms with Crippen LogP contribution in [0.4, 0.5) is 0 Å². The van der Waals surface area contributed by atoms with Crippen LogP contribution in [0.5, 0.6) is 0 Å². The van der Waals surface area contributed by atoms with E-state index in [0.717, 1.165) is 0 Å². The maximum Gasteiger partial charge on any atom is 0.152 e. The van der Waals surface area contributed by atoms with Crippen LogP contribution in [0.1, 0.15) is 47.1 Å². The van der Waals surface area contributed by atoms with Crippen LogP contribution in [0, 0.1) is 0 Å². The lowest BCUT2D eigenvalue weighted by molar-refractivity contribution is 0.590. The fourth-order valence-electron chi connectivity index (χ4n) is 1.25. The van der Waals surface area contributed by atoms with E-state index in [9.17, 15) is 0 Å². The monoisotopic (exact) mass is 225 g/mol. The number of benzene rings is 1. The van der Waals surface area contributed by atoms with Gasteiger partial charge in [-0.1, -0.05) is 46.8 Å². The summed E-state index contributed by atoms with van der Waals surface area (Å²) in [7, 11) is 0. The summed E-state index contributed by atoms with van der Waals surface area (Å²) < 4.78 is 0. The zero-order chi connectivity index (χ0) is 11.9. The van der Waals surface area contributed by atoms with Crippen molar-refractivity contribution in [1.82, 2.24) is 0 Å². The smallest absolute Gasteiger partial charge is 0.0683 e. The molecule has 0 aromatic heterocycles. The van der Waals surface area contributed by atoms with Gasteiger partial charge in [0.1, 0.15) is 5.75 Å². The Morgan fingerprint density at radius 2 is 1.47 bits per heavy atom. The Hall–Kier alpha value is -0.430. The molecular weight excluding hydrogens is 200 g/mol. The second kappa shape index (κ2) is 6.95. The molecule has 0 amide bonds. The van der Waals surface area contributed by atoms with Gasteiger partial charge >= 0.3 is 0 Å². The number of hydrogen-bond donors (Lipinski definition) is 0. The van der Waals surface area contributed by atoms with Crippen LogP contribution < -0.4 is 0 Å². The molecule has 0 nitrogen and oxygen atoms in total. The third-order valence-electron chi connectivity index (χ3n) is 2.07. The molecule has 0 atom stereocenters. The van der Waals surface area contributed by atoms with E-state index in [0.29, 0.717) is 0 Å². The molecule has 0 bridgehead atoms. The fourth-order valence-corrected chi connectivity index (χ4v) is 1.97. The van der Waals surface area contributed by atoms with E-state index in [1.54, 1.807) is 0 Å². The summed E-state index contributed by atoms with van der Waals surface area (Å²) in [4.78, 5) is 1.43. The van der Waals surface area contributed by atoms with Crippen LogP contribution in [-0.2, 0) is 17.2 Å². The second-order valence-corrected chi connectivity index (χ2v) is 5.74. The fraction of sp³-hybridized carbons (Fsp3) is 0.571. The highest BCUT2D eigenvalue weighted by Crippen LogP contribution is 2.22. The molecule has 0 saturated heterocycles. The normalized spacial score (nSPS) is 10.5. The average Bonchev–Trinajstić information content (AvgIpc) is 2.21. The summed E-state index contributed by atoms with van der Waals surface area (Å²) in [6, 6.07) is 8.98. The minimum atomic E-state index is 0.279. The Morgan fingerprint density at radius 3 is 1.80 bits per heavy atom. The minimum absolute atomic E-state index is 0.279. The molecule has 0 aliphatic heterocycles. The highest BCUT2D eigenvalue weighted by atomic mass is 32.2. The SMILES string of the molecule is CC.CC[SH+]c1ccc(C(C)(C)C)cc1. The Morgan fingerprint density at radius 1 is 1.00 bits per heavy atom. The molecule has 15 heavy (non-hydrogen) atoms. The molecule has 0 saturated carbocycles. The molecule has 0 radical (unpaired) electrons. The summed E-state index contributed by atoms with van der Waals surface area (Å²) in [5.41, 5.74) is 1.70. The lowest BCUT2D eigenvalue weighted by Gasteiger charge is -2.18. The number of rotatable bonds is 2. The summed E-state index contributed by atoms with van der Waals surface area (Å²) in [6.45, 7) is 13.0. The third kappa shape index (κ3) is 5.27. The zero-order valence-corrected chi connectivity index (χ0v) is 11.9. The van der Waals surface area contributed by atoms with E-state index in [4.69, 9.17) is 0 Å². The molecular formula is C14H25S+. The van der Waals surface area contributed by atoms with Gasteiger partial charge in [0.2, 0.25) is 0 Å². The van der Waals surface area contributed by atoms with Crippen LogP contribution in [0.3, 0.4) is 0 Å². The number of hydrogen-bond acceptors (Lipinski definition) is 0. The zero-order valence-electron chi connectivity index (χ0n) is 11.0. The van der Waals surface area contributed by atoms with Gasteiger partial charge in [-0.2, -0.15) is 0 Å². The van der Waals surface area contributed by atoms with E-state index >= 15 is 0 Å². The standard InChI is InChI=1S/C12H18S.C2H6/c1-5-13-11-8-6-10(7-9-11)12(2,3)4;1-2/h6-9H,5H2,1-4H3;1-2H3/p+1. The van der Waals surface area contributed by atoms with Gasteiger partial charge in [0.25, 0.3) is 0 Å². The molecule has 0 heterocycles. The molecule has 1 aromatic carbocycles. The molecule has 1 heteroatoms. The van der Waals surface area contributed by atoms with E-state index in [1.165, 1.54) is 28.0 Å². The second-order valence-electron chi connectivity index (χ2n) is 4.27. The first kappa shape index (κ1) is 14.6. The Balaban J connectivity index is 0.000000921. The lowest BCUT2D eigenvalue weighted by Crippen LogP contribution is -2.10. The predicted molar refractivity (Wildman–Crippen MR) is 74.1 cm³/mol. The van der Waals surface area contributed by atoms with Crippen molar-refractivity contribution in [3.8, 4) is 0 Å². The highest BCUT2D eigenvalue weighted by Gasteiger charge is 2.13. The van der Waals surface area contributed by atoms with Crippen molar-refractivity contribution in [2.75, 3.05) is 5.75 Å². The van der Waals surface area contributed by atoms with Gasteiger partial charge in [-0.25, -0.2) is 0 Å². The molecule has 0 spiro atoms. The predicted octanol–water partition coefficient (Wildman–Crippen LogP) is 4.20. The van der Waals surface area contributed by atoms with Crippen LogP contribution in [0.25, 0.3) is 0 Å². The van der Waals surface area contributed by atoms with E-state index in [1.807, 2.05) is 13.8 Å². The molecule has 0 fully saturated rings. The molecule has 0 unspecified atom stereocenters. The van der Waals surface area contributed by atoms with Crippen molar-refractivity contribution in [3.63, 3.8) is 0 Å². The Labute approximate surface area is 99.5 Å². The van der Waals surface area contributed by atoms with Crippen LogP contribution >= 0.6 is 0 Å². The van der Waals surface area contributed by atoms with Crippen LogP contribution in [0.15, 0.2) is 29.2 Å². The molecule has 0 aliphatic rings. The Kier molecular flexibility index (Phi) is 6.75. The molecule has 0 N–H and O–H groups in total. The van der Waals surface area contributed by atoms with E-state index in [2.05, 4.69) is 52.0 Å². The van der Waals surface area contributed by atoms with Gasteiger partial charge in [0, 0.05) is 11.8 Å². The topological polar surface area (TPSA) is 0 Å². The van der Waals surface area contributed by atoms with Crippen molar-refractivity contribution in [2.45, 2.75) is 51.9 Å². The van der Waals surface area contributed by atoms with Crippen molar-refractivity contribution < 1.29 is 0 Å². The first-order valence-corrected chi connectivity index (χ1v) is 6.90. The van der Waals surface area contributed by atoms with Crippen LogP contribution in [-0.4, -0.2) is 5.75 Å². The van der Waals surface area contributed by atoms with Gasteiger partial charge in [-0.15, -0.1) is 0 Å². The van der Waals surface area contributed by atoms with E-state index < -0.39 is 0 Å². The molecule has 0 aliphatic carbocycles. The first-order chi connectivity index (χ1) is 7.04. The van der Waals surface area contributed by atoms with Crippen molar-refractivity contribution in [3.05, 3.63) is 29.8 Å². The highest BCUT2D eigenvalue weighted by molar-refractivity contribution is 7.78. The maximum absolute atomic E-state index is 2.25. The lowest BCUT2D eigenvalue weighted by atomic mass is 9.87. The summed E-state index contributed by atoms with van der Waals surface area (Å²) in [6.07, 6.45) is 0. The largest absolute Gasteiger partial charge is 0.152 e. The van der Waals surface area contributed by atoms with Gasteiger partial charge in [0.15, 0.2) is 4.90 Å². The quantitative estimate of drug-likeness (QED) is 0.522.